The zero-order valence-corrected chi connectivity index (χ0v) is 10.5. The Kier molecular flexibility index (Phi) is 3.36. The summed E-state index contributed by atoms with van der Waals surface area (Å²) in [7, 11) is 0. The van der Waals surface area contributed by atoms with Gasteiger partial charge < -0.3 is 0 Å². The van der Waals surface area contributed by atoms with Crippen LogP contribution in [0.25, 0.3) is 0 Å². The van der Waals surface area contributed by atoms with Crippen molar-refractivity contribution in [3.05, 3.63) is 45.5 Å². The van der Waals surface area contributed by atoms with Gasteiger partial charge in [-0.2, -0.15) is 0 Å². The predicted molar refractivity (Wildman–Crippen MR) is 67.4 cm³/mol. The van der Waals surface area contributed by atoms with Crippen LogP contribution in [-0.2, 0) is 6.42 Å². The van der Waals surface area contributed by atoms with Gasteiger partial charge in [0, 0.05) is 11.5 Å². The van der Waals surface area contributed by atoms with Crippen molar-refractivity contribution in [1.82, 2.24) is 0 Å². The number of ketones is 1. The first-order chi connectivity index (χ1) is 7.63. The lowest BCUT2D eigenvalue weighted by Crippen LogP contribution is -2.07. The molecule has 0 amide bonds. The van der Waals surface area contributed by atoms with E-state index in [1.54, 1.807) is 6.07 Å². The van der Waals surface area contributed by atoms with Gasteiger partial charge >= 0.3 is 0 Å². The first-order valence-electron chi connectivity index (χ1n) is 5.26. The van der Waals surface area contributed by atoms with Crippen LogP contribution in [0.15, 0.2) is 24.3 Å². The number of hydrogen-bond donors (Lipinski definition) is 0. The number of benzene rings is 1. The molecule has 0 bridgehead atoms. The van der Waals surface area contributed by atoms with Crippen LogP contribution in [0, 0.1) is 5.92 Å². The number of Topliss-reactive ketones (excluding diaryl/α,β-unsaturated/α-hetero) is 1. The Labute approximate surface area is 105 Å². The lowest BCUT2D eigenvalue weighted by atomic mass is 10.0. The zero-order chi connectivity index (χ0) is 11.7. The van der Waals surface area contributed by atoms with Gasteiger partial charge in [0.05, 0.1) is 10.0 Å². The molecule has 0 spiro atoms. The van der Waals surface area contributed by atoms with Gasteiger partial charge in [0.15, 0.2) is 5.78 Å². The van der Waals surface area contributed by atoms with E-state index >= 15 is 0 Å². The molecule has 84 valence electrons. The maximum atomic E-state index is 12.0. The fraction of sp³-hybridized carbons (Fsp3) is 0.308. The average Bonchev–Trinajstić information content (AvgIpc) is 2.54. The molecule has 1 nitrogen and oxygen atoms in total. The molecule has 1 aromatic rings. The number of carbonyl (C=O) groups is 1. The highest BCUT2D eigenvalue weighted by Gasteiger charge is 2.30. The van der Waals surface area contributed by atoms with Gasteiger partial charge in [-0.15, -0.1) is 0 Å². The number of carbonyl (C=O) groups excluding carboxylic acids is 1. The molecule has 1 atom stereocenters. The van der Waals surface area contributed by atoms with Gasteiger partial charge in [-0.05, 0) is 37.5 Å². The molecule has 0 N–H and O–H groups in total. The van der Waals surface area contributed by atoms with Crippen LogP contribution in [0.4, 0.5) is 0 Å². The Bertz CT molecular complexity index is 463. The van der Waals surface area contributed by atoms with E-state index in [1.807, 2.05) is 25.1 Å². The molecule has 1 aromatic carbocycles. The molecule has 0 saturated heterocycles. The van der Waals surface area contributed by atoms with E-state index < -0.39 is 0 Å². The number of rotatable bonds is 2. The van der Waals surface area contributed by atoms with Crippen LogP contribution in [-0.4, -0.2) is 5.78 Å². The van der Waals surface area contributed by atoms with Gasteiger partial charge in [0.25, 0.3) is 0 Å². The van der Waals surface area contributed by atoms with Gasteiger partial charge in [-0.1, -0.05) is 35.4 Å². The van der Waals surface area contributed by atoms with Crippen molar-refractivity contribution >= 4 is 29.0 Å². The second-order valence-corrected chi connectivity index (χ2v) is 4.81. The molecule has 0 heterocycles. The van der Waals surface area contributed by atoms with Crippen LogP contribution >= 0.6 is 23.2 Å². The topological polar surface area (TPSA) is 17.1 Å². The molecular formula is C13H12Cl2O. The Balaban J connectivity index is 2.31. The van der Waals surface area contributed by atoms with Crippen LogP contribution in [0.1, 0.15) is 29.3 Å². The molecule has 1 unspecified atom stereocenters. The largest absolute Gasteiger partial charge is 0.294 e. The summed E-state index contributed by atoms with van der Waals surface area (Å²) >= 11 is 11.8. The standard InChI is InChI=1S/C13H12Cl2O/c1-2-3-4-8-5-9-6-11(14)12(15)7-10(9)13(8)16/h2-3,6-8H,4-5H2,1H3/b3-2+. The van der Waals surface area contributed by atoms with E-state index in [1.165, 1.54) is 0 Å². The Morgan fingerprint density at radius 1 is 1.38 bits per heavy atom. The summed E-state index contributed by atoms with van der Waals surface area (Å²) < 4.78 is 0. The van der Waals surface area contributed by atoms with Crippen molar-refractivity contribution < 1.29 is 4.79 Å². The van der Waals surface area contributed by atoms with Crippen LogP contribution < -0.4 is 0 Å². The number of fused-ring (bicyclic) bond motifs is 1. The summed E-state index contributed by atoms with van der Waals surface area (Å²) in [5.41, 5.74) is 1.76. The van der Waals surface area contributed by atoms with E-state index in [2.05, 4.69) is 0 Å². The van der Waals surface area contributed by atoms with Gasteiger partial charge in [0.1, 0.15) is 0 Å². The average molecular weight is 255 g/mol. The van der Waals surface area contributed by atoms with E-state index in [0.29, 0.717) is 10.0 Å². The normalized spacial score (nSPS) is 19.4. The van der Waals surface area contributed by atoms with E-state index in [-0.39, 0.29) is 11.7 Å². The first kappa shape index (κ1) is 11.7. The molecule has 0 aromatic heterocycles. The Morgan fingerprint density at radius 3 is 2.75 bits per heavy atom. The van der Waals surface area contributed by atoms with Gasteiger partial charge in [-0.25, -0.2) is 0 Å². The van der Waals surface area contributed by atoms with Gasteiger partial charge in [-0.3, -0.25) is 4.79 Å². The van der Waals surface area contributed by atoms with Crippen molar-refractivity contribution in [2.75, 3.05) is 0 Å². The number of allylic oxidation sites excluding steroid dienone is 2. The quantitative estimate of drug-likeness (QED) is 0.719. The molecule has 0 aliphatic heterocycles. The highest BCUT2D eigenvalue weighted by molar-refractivity contribution is 6.42. The molecule has 1 aliphatic rings. The van der Waals surface area contributed by atoms with Crippen LogP contribution in [0.5, 0.6) is 0 Å². The molecule has 16 heavy (non-hydrogen) atoms. The minimum atomic E-state index is 0.0562. The fourth-order valence-electron chi connectivity index (χ4n) is 2.06. The minimum Gasteiger partial charge on any atom is -0.294 e. The minimum absolute atomic E-state index is 0.0562. The maximum absolute atomic E-state index is 12.0. The lowest BCUT2D eigenvalue weighted by Gasteiger charge is -2.01. The highest BCUT2D eigenvalue weighted by Crippen LogP contribution is 2.34. The third-order valence-corrected chi connectivity index (χ3v) is 3.63. The zero-order valence-electron chi connectivity index (χ0n) is 8.97. The summed E-state index contributed by atoms with van der Waals surface area (Å²) in [5, 5.41) is 0.986. The molecule has 0 radical (unpaired) electrons. The molecule has 1 aliphatic carbocycles. The molecule has 0 fully saturated rings. The Morgan fingerprint density at radius 2 is 2.06 bits per heavy atom. The molecule has 2 rings (SSSR count). The maximum Gasteiger partial charge on any atom is 0.166 e. The van der Waals surface area contributed by atoms with Gasteiger partial charge in [0.2, 0.25) is 0 Å². The lowest BCUT2D eigenvalue weighted by molar-refractivity contribution is 0.0938. The summed E-state index contributed by atoms with van der Waals surface area (Å²) in [6, 6.07) is 3.50. The van der Waals surface area contributed by atoms with E-state index in [9.17, 15) is 4.79 Å². The second kappa shape index (κ2) is 4.60. The van der Waals surface area contributed by atoms with Crippen LogP contribution in [0.3, 0.4) is 0 Å². The first-order valence-corrected chi connectivity index (χ1v) is 6.02. The molecular weight excluding hydrogens is 243 g/mol. The smallest absolute Gasteiger partial charge is 0.166 e. The summed E-state index contributed by atoms with van der Waals surface area (Å²) in [6.45, 7) is 1.96. The molecule has 0 saturated carbocycles. The Hall–Kier alpha value is -0.790. The van der Waals surface area contributed by atoms with E-state index in [4.69, 9.17) is 23.2 Å². The summed E-state index contributed by atoms with van der Waals surface area (Å²) in [4.78, 5) is 12.0. The monoisotopic (exact) mass is 254 g/mol. The third-order valence-electron chi connectivity index (χ3n) is 2.90. The van der Waals surface area contributed by atoms with Crippen molar-refractivity contribution in [3.63, 3.8) is 0 Å². The summed E-state index contributed by atoms with van der Waals surface area (Å²) in [5.74, 6) is 0.243. The third kappa shape index (κ3) is 2.02. The van der Waals surface area contributed by atoms with Crippen molar-refractivity contribution in [2.45, 2.75) is 19.8 Å². The van der Waals surface area contributed by atoms with Crippen LogP contribution in [0.2, 0.25) is 10.0 Å². The highest BCUT2D eigenvalue weighted by atomic mass is 35.5. The fourth-order valence-corrected chi connectivity index (χ4v) is 2.40. The summed E-state index contributed by atoms with van der Waals surface area (Å²) in [6.07, 6.45) is 5.56. The SMILES string of the molecule is C/C=C/CC1Cc2cc(Cl)c(Cl)cc2C1=O. The van der Waals surface area contributed by atoms with E-state index in [0.717, 1.165) is 24.0 Å². The number of halogens is 2. The number of hydrogen-bond acceptors (Lipinski definition) is 1. The van der Waals surface area contributed by atoms with Crippen molar-refractivity contribution in [1.29, 1.82) is 0 Å². The van der Waals surface area contributed by atoms with Crippen molar-refractivity contribution in [2.24, 2.45) is 5.92 Å². The predicted octanol–water partition coefficient (Wildman–Crippen LogP) is 4.31. The molecule has 3 heteroatoms. The second-order valence-electron chi connectivity index (χ2n) is 3.99. The van der Waals surface area contributed by atoms with Crippen molar-refractivity contribution in [3.8, 4) is 0 Å².